The lowest BCUT2D eigenvalue weighted by atomic mass is 10.2. The molecule has 0 saturated heterocycles. The molecule has 0 atom stereocenters. The summed E-state index contributed by atoms with van der Waals surface area (Å²) in [5.41, 5.74) is 0.775. The fourth-order valence-electron chi connectivity index (χ4n) is 0.673. The first-order valence-electron chi connectivity index (χ1n) is 4.01. The minimum Gasteiger partial charge on any atom is -0.295 e. The van der Waals surface area contributed by atoms with Crippen molar-refractivity contribution < 1.29 is 4.79 Å². The maximum Gasteiger partial charge on any atom is 0.159 e. The van der Waals surface area contributed by atoms with Crippen molar-refractivity contribution in [2.75, 3.05) is 0 Å². The number of rotatable bonds is 2. The first-order valence-corrected chi connectivity index (χ1v) is 4.01. The van der Waals surface area contributed by atoms with Crippen molar-refractivity contribution in [3.8, 4) is 0 Å². The van der Waals surface area contributed by atoms with Gasteiger partial charge in [0, 0.05) is 5.56 Å². The summed E-state index contributed by atoms with van der Waals surface area (Å²) in [5.74, 6) is 0.121. The van der Waals surface area contributed by atoms with E-state index in [2.05, 4.69) is 13.2 Å². The number of carbonyl (C=O) groups is 1. The van der Waals surface area contributed by atoms with Crippen LogP contribution in [-0.2, 0) is 0 Å². The normalized spacial score (nSPS) is 7.77. The van der Waals surface area contributed by atoms with Crippen LogP contribution in [0.2, 0.25) is 0 Å². The van der Waals surface area contributed by atoms with Gasteiger partial charge in [0.25, 0.3) is 0 Å². The fourth-order valence-corrected chi connectivity index (χ4v) is 0.673. The molecule has 0 radical (unpaired) electrons. The average molecular weight is 174 g/mol. The lowest BCUT2D eigenvalue weighted by Gasteiger charge is -1.89. The molecule has 0 saturated carbocycles. The Morgan fingerprint density at radius 1 is 1.15 bits per heavy atom. The number of Topliss-reactive ketones (excluding diaryl/α,β-unsaturated/α-hetero) is 1. The van der Waals surface area contributed by atoms with E-state index in [0.29, 0.717) is 0 Å². The third-order valence-corrected chi connectivity index (χ3v) is 1.35. The van der Waals surface area contributed by atoms with E-state index in [-0.39, 0.29) is 5.78 Å². The summed E-state index contributed by atoms with van der Waals surface area (Å²) in [6.45, 7) is 8.29. The van der Waals surface area contributed by atoms with Crippen LogP contribution in [0.4, 0.5) is 0 Å². The molecule has 0 bridgehead atoms. The van der Waals surface area contributed by atoms with E-state index in [9.17, 15) is 4.79 Å². The Morgan fingerprint density at radius 3 is 1.85 bits per heavy atom. The Bertz CT molecular complexity index is 266. The van der Waals surface area contributed by atoms with Crippen molar-refractivity contribution in [3.63, 3.8) is 0 Å². The summed E-state index contributed by atoms with van der Waals surface area (Å²) in [7, 11) is 0. The number of benzene rings is 1. The van der Waals surface area contributed by atoms with Gasteiger partial charge in [0.2, 0.25) is 0 Å². The van der Waals surface area contributed by atoms with Crippen LogP contribution < -0.4 is 0 Å². The molecule has 13 heavy (non-hydrogen) atoms. The standard InChI is InChI=1S/C8H8O.C4H6/c1-7(9)8-5-3-2-4-6-8;1-3-4-2/h2-6H,1H3;3-4H,1-2H2. The second-order valence-corrected chi connectivity index (χ2v) is 2.39. The summed E-state index contributed by atoms with van der Waals surface area (Å²) in [5, 5.41) is 0. The van der Waals surface area contributed by atoms with Crippen LogP contribution in [0.3, 0.4) is 0 Å². The highest BCUT2D eigenvalue weighted by Gasteiger charge is 1.92. The van der Waals surface area contributed by atoms with Crippen LogP contribution in [-0.4, -0.2) is 5.78 Å². The second kappa shape index (κ2) is 7.04. The van der Waals surface area contributed by atoms with E-state index in [4.69, 9.17) is 0 Å². The first-order chi connectivity index (χ1) is 6.22. The lowest BCUT2D eigenvalue weighted by Crippen LogP contribution is -1.88. The molecule has 1 aromatic carbocycles. The van der Waals surface area contributed by atoms with Crippen LogP contribution in [0.5, 0.6) is 0 Å². The van der Waals surface area contributed by atoms with Gasteiger partial charge in [-0.3, -0.25) is 4.79 Å². The minimum absolute atomic E-state index is 0.121. The van der Waals surface area contributed by atoms with Crippen molar-refractivity contribution in [1.82, 2.24) is 0 Å². The molecule has 0 aliphatic rings. The molecule has 0 aromatic heterocycles. The van der Waals surface area contributed by atoms with E-state index in [0.717, 1.165) is 5.56 Å². The molecular formula is C12H14O. The molecular weight excluding hydrogens is 160 g/mol. The van der Waals surface area contributed by atoms with Crippen molar-refractivity contribution in [1.29, 1.82) is 0 Å². The van der Waals surface area contributed by atoms with E-state index in [1.807, 2.05) is 30.3 Å². The molecule has 0 aliphatic heterocycles. The number of carbonyl (C=O) groups excluding carboxylic acids is 1. The largest absolute Gasteiger partial charge is 0.295 e. The molecule has 0 N–H and O–H groups in total. The number of ketones is 1. The third kappa shape index (κ3) is 5.62. The molecule has 68 valence electrons. The Kier molecular flexibility index (Phi) is 6.16. The maximum absolute atomic E-state index is 10.6. The molecule has 0 heterocycles. The summed E-state index contributed by atoms with van der Waals surface area (Å²) >= 11 is 0. The van der Waals surface area contributed by atoms with Gasteiger partial charge in [-0.15, -0.1) is 0 Å². The summed E-state index contributed by atoms with van der Waals surface area (Å²) < 4.78 is 0. The van der Waals surface area contributed by atoms with Crippen LogP contribution in [0.1, 0.15) is 17.3 Å². The van der Waals surface area contributed by atoms with Crippen molar-refractivity contribution >= 4 is 5.78 Å². The zero-order chi connectivity index (χ0) is 10.1. The molecule has 1 heteroatoms. The average Bonchev–Trinajstić information content (AvgIpc) is 2.19. The molecule has 0 unspecified atom stereocenters. The Morgan fingerprint density at radius 2 is 1.62 bits per heavy atom. The highest BCUT2D eigenvalue weighted by Crippen LogP contribution is 1.97. The van der Waals surface area contributed by atoms with E-state index in [1.54, 1.807) is 19.1 Å². The Hall–Kier alpha value is -1.63. The second-order valence-electron chi connectivity index (χ2n) is 2.39. The zero-order valence-corrected chi connectivity index (χ0v) is 7.86. The van der Waals surface area contributed by atoms with Gasteiger partial charge < -0.3 is 0 Å². The predicted octanol–water partition coefficient (Wildman–Crippen LogP) is 3.25. The van der Waals surface area contributed by atoms with Gasteiger partial charge in [-0.05, 0) is 6.92 Å². The molecule has 0 aliphatic carbocycles. The van der Waals surface area contributed by atoms with Gasteiger partial charge in [-0.2, -0.15) is 0 Å². The zero-order valence-electron chi connectivity index (χ0n) is 7.86. The van der Waals surface area contributed by atoms with Crippen LogP contribution >= 0.6 is 0 Å². The third-order valence-electron chi connectivity index (χ3n) is 1.35. The van der Waals surface area contributed by atoms with Crippen LogP contribution in [0.15, 0.2) is 55.6 Å². The monoisotopic (exact) mass is 174 g/mol. The van der Waals surface area contributed by atoms with Gasteiger partial charge in [-0.1, -0.05) is 55.6 Å². The first kappa shape index (κ1) is 11.4. The number of hydrogen-bond acceptors (Lipinski definition) is 1. The van der Waals surface area contributed by atoms with Crippen molar-refractivity contribution in [3.05, 3.63) is 61.2 Å². The topological polar surface area (TPSA) is 17.1 Å². The number of hydrogen-bond donors (Lipinski definition) is 0. The molecule has 0 amide bonds. The molecule has 0 spiro atoms. The highest BCUT2D eigenvalue weighted by molar-refractivity contribution is 5.93. The maximum atomic E-state index is 10.6. The van der Waals surface area contributed by atoms with E-state index >= 15 is 0 Å². The van der Waals surface area contributed by atoms with Gasteiger partial charge in [0.05, 0.1) is 0 Å². The van der Waals surface area contributed by atoms with Crippen LogP contribution in [0, 0.1) is 0 Å². The molecule has 1 rings (SSSR count). The van der Waals surface area contributed by atoms with Gasteiger partial charge >= 0.3 is 0 Å². The molecule has 1 nitrogen and oxygen atoms in total. The van der Waals surface area contributed by atoms with Gasteiger partial charge in [0.1, 0.15) is 0 Å². The highest BCUT2D eigenvalue weighted by atomic mass is 16.1. The molecule has 1 aromatic rings. The van der Waals surface area contributed by atoms with Gasteiger partial charge in [-0.25, -0.2) is 0 Å². The van der Waals surface area contributed by atoms with Crippen LogP contribution in [0.25, 0.3) is 0 Å². The number of allylic oxidation sites excluding steroid dienone is 2. The SMILES string of the molecule is C=CC=C.CC(=O)c1ccccc1. The van der Waals surface area contributed by atoms with Gasteiger partial charge in [0.15, 0.2) is 5.78 Å². The summed E-state index contributed by atoms with van der Waals surface area (Å²) in [4.78, 5) is 10.6. The summed E-state index contributed by atoms with van der Waals surface area (Å²) in [6.07, 6.45) is 3.28. The molecule has 0 fully saturated rings. The summed E-state index contributed by atoms with van der Waals surface area (Å²) in [6, 6.07) is 9.23. The van der Waals surface area contributed by atoms with E-state index in [1.165, 1.54) is 0 Å². The van der Waals surface area contributed by atoms with Crippen molar-refractivity contribution in [2.45, 2.75) is 6.92 Å². The smallest absolute Gasteiger partial charge is 0.159 e. The quantitative estimate of drug-likeness (QED) is 0.497. The Balaban J connectivity index is 0.000000310. The predicted molar refractivity (Wildman–Crippen MR) is 56.8 cm³/mol. The van der Waals surface area contributed by atoms with Crippen molar-refractivity contribution in [2.24, 2.45) is 0 Å². The minimum atomic E-state index is 0.121. The lowest BCUT2D eigenvalue weighted by molar-refractivity contribution is 0.101. The Labute approximate surface area is 79.4 Å². The fraction of sp³-hybridized carbons (Fsp3) is 0.0833. The van der Waals surface area contributed by atoms with E-state index < -0.39 is 0 Å².